The van der Waals surface area contributed by atoms with Gasteiger partial charge in [-0.15, -0.1) is 11.8 Å². The molecule has 1 unspecified atom stereocenters. The van der Waals surface area contributed by atoms with Gasteiger partial charge in [0.2, 0.25) is 0 Å². The first-order chi connectivity index (χ1) is 9.97. The summed E-state index contributed by atoms with van der Waals surface area (Å²) in [6, 6.07) is 4.33. The number of morpholine rings is 1. The lowest BCUT2D eigenvalue weighted by atomic mass is 10.2. The lowest BCUT2D eigenvalue weighted by Gasteiger charge is -2.35. The Morgan fingerprint density at radius 2 is 2.33 bits per heavy atom. The van der Waals surface area contributed by atoms with Crippen molar-refractivity contribution >= 4 is 17.7 Å². The van der Waals surface area contributed by atoms with Crippen molar-refractivity contribution in [3.05, 3.63) is 29.6 Å². The van der Waals surface area contributed by atoms with E-state index in [1.54, 1.807) is 0 Å². The zero-order valence-corrected chi connectivity index (χ0v) is 13.0. The van der Waals surface area contributed by atoms with Crippen molar-refractivity contribution in [1.29, 1.82) is 0 Å². The van der Waals surface area contributed by atoms with Crippen LogP contribution in [0.5, 0.6) is 0 Å². The third kappa shape index (κ3) is 4.43. The number of rotatable bonds is 5. The molecule has 1 atom stereocenters. The van der Waals surface area contributed by atoms with Gasteiger partial charge in [0, 0.05) is 29.8 Å². The van der Waals surface area contributed by atoms with Gasteiger partial charge in [0.15, 0.2) is 0 Å². The van der Waals surface area contributed by atoms with Gasteiger partial charge in [-0.3, -0.25) is 4.90 Å². The molecule has 1 saturated heterocycles. The zero-order valence-electron chi connectivity index (χ0n) is 12.2. The van der Waals surface area contributed by atoms with E-state index in [0.717, 1.165) is 13.1 Å². The Labute approximate surface area is 128 Å². The number of thioether (sulfide) groups is 1. The molecule has 1 aromatic carbocycles. The summed E-state index contributed by atoms with van der Waals surface area (Å²) in [6.07, 6.45) is 0.0408. The molecule has 116 valence electrons. The van der Waals surface area contributed by atoms with Crippen molar-refractivity contribution in [2.75, 3.05) is 25.4 Å². The van der Waals surface area contributed by atoms with Crippen molar-refractivity contribution in [1.82, 2.24) is 4.90 Å². The summed E-state index contributed by atoms with van der Waals surface area (Å²) >= 11 is 1.31. The lowest BCUT2D eigenvalue weighted by Crippen LogP contribution is -2.46. The number of carbonyl (C=O) groups is 1. The Morgan fingerprint density at radius 1 is 1.57 bits per heavy atom. The van der Waals surface area contributed by atoms with Gasteiger partial charge in [-0.2, -0.15) is 0 Å². The maximum atomic E-state index is 13.7. The first kappa shape index (κ1) is 16.3. The Morgan fingerprint density at radius 3 is 3.00 bits per heavy atom. The molecular weight excluding hydrogens is 293 g/mol. The van der Waals surface area contributed by atoms with Crippen molar-refractivity contribution in [3.63, 3.8) is 0 Å². The third-order valence-electron chi connectivity index (χ3n) is 3.50. The second-order valence-corrected chi connectivity index (χ2v) is 6.40. The van der Waals surface area contributed by atoms with Crippen molar-refractivity contribution in [2.45, 2.75) is 30.9 Å². The number of benzene rings is 1. The van der Waals surface area contributed by atoms with Crippen LogP contribution in [-0.4, -0.2) is 53.6 Å². The molecule has 1 aromatic rings. The predicted molar refractivity (Wildman–Crippen MR) is 80.5 cm³/mol. The van der Waals surface area contributed by atoms with Crippen LogP contribution in [0.25, 0.3) is 0 Å². The SMILES string of the molecule is CC(C)N1CCOC(CSc2cc(C(=O)O)ccc2F)C1. The van der Waals surface area contributed by atoms with Gasteiger partial charge in [-0.1, -0.05) is 0 Å². The summed E-state index contributed by atoms with van der Waals surface area (Å²) in [5.74, 6) is -0.818. The summed E-state index contributed by atoms with van der Waals surface area (Å²) < 4.78 is 19.4. The molecule has 1 aliphatic rings. The number of ether oxygens (including phenoxy) is 1. The van der Waals surface area contributed by atoms with Crippen LogP contribution in [-0.2, 0) is 4.74 Å². The van der Waals surface area contributed by atoms with E-state index in [0.29, 0.717) is 23.3 Å². The average Bonchev–Trinajstić information content (AvgIpc) is 2.46. The number of nitrogens with zero attached hydrogens (tertiary/aromatic N) is 1. The molecule has 1 aliphatic heterocycles. The van der Waals surface area contributed by atoms with Gasteiger partial charge < -0.3 is 9.84 Å². The van der Waals surface area contributed by atoms with Crippen LogP contribution in [0.1, 0.15) is 24.2 Å². The average molecular weight is 313 g/mol. The summed E-state index contributed by atoms with van der Waals surface area (Å²) in [4.78, 5) is 13.6. The Kier molecular flexibility index (Phi) is 5.61. The van der Waals surface area contributed by atoms with E-state index in [-0.39, 0.29) is 17.5 Å². The van der Waals surface area contributed by atoms with Gasteiger partial charge in [0.25, 0.3) is 0 Å². The molecule has 0 radical (unpaired) electrons. The Bertz CT molecular complexity index is 510. The molecule has 0 aromatic heterocycles. The molecule has 1 N–H and O–H groups in total. The molecule has 6 heteroatoms. The molecular formula is C15H20FNO3S. The summed E-state index contributed by atoms with van der Waals surface area (Å²) in [7, 11) is 0. The van der Waals surface area contributed by atoms with Gasteiger partial charge >= 0.3 is 5.97 Å². The fourth-order valence-corrected chi connectivity index (χ4v) is 3.23. The minimum absolute atomic E-state index is 0.0408. The van der Waals surface area contributed by atoms with Crippen molar-refractivity contribution in [3.8, 4) is 0 Å². The van der Waals surface area contributed by atoms with Crippen LogP contribution in [0.3, 0.4) is 0 Å². The molecule has 0 bridgehead atoms. The van der Waals surface area contributed by atoms with Crippen LogP contribution in [0.2, 0.25) is 0 Å². The molecule has 2 rings (SSSR count). The maximum absolute atomic E-state index is 13.7. The smallest absolute Gasteiger partial charge is 0.335 e. The number of aromatic carboxylic acids is 1. The fourth-order valence-electron chi connectivity index (χ4n) is 2.24. The van der Waals surface area contributed by atoms with E-state index in [1.165, 1.54) is 30.0 Å². The van der Waals surface area contributed by atoms with Gasteiger partial charge in [-0.05, 0) is 32.0 Å². The highest BCUT2D eigenvalue weighted by atomic mass is 32.2. The number of carboxylic acid groups (broad SMARTS) is 1. The van der Waals surface area contributed by atoms with E-state index in [4.69, 9.17) is 9.84 Å². The second-order valence-electron chi connectivity index (χ2n) is 5.34. The molecule has 4 nitrogen and oxygen atoms in total. The number of hydrogen-bond donors (Lipinski definition) is 1. The van der Waals surface area contributed by atoms with Crippen LogP contribution in [0.15, 0.2) is 23.1 Å². The van der Waals surface area contributed by atoms with Crippen LogP contribution in [0.4, 0.5) is 4.39 Å². The molecule has 0 spiro atoms. The highest BCUT2D eigenvalue weighted by molar-refractivity contribution is 7.99. The minimum Gasteiger partial charge on any atom is -0.478 e. The van der Waals surface area contributed by atoms with Crippen LogP contribution < -0.4 is 0 Å². The highest BCUT2D eigenvalue weighted by Gasteiger charge is 2.22. The molecule has 1 fully saturated rings. The number of halogens is 1. The van der Waals surface area contributed by atoms with E-state index in [2.05, 4.69) is 18.7 Å². The molecule has 0 saturated carbocycles. The van der Waals surface area contributed by atoms with E-state index < -0.39 is 5.97 Å². The monoisotopic (exact) mass is 313 g/mol. The van der Waals surface area contributed by atoms with Crippen LogP contribution >= 0.6 is 11.8 Å². The zero-order chi connectivity index (χ0) is 15.4. The molecule has 0 aliphatic carbocycles. The Hall–Kier alpha value is -1.11. The number of hydrogen-bond acceptors (Lipinski definition) is 4. The second kappa shape index (κ2) is 7.24. The van der Waals surface area contributed by atoms with Gasteiger partial charge in [-0.25, -0.2) is 9.18 Å². The van der Waals surface area contributed by atoms with Crippen LogP contribution in [0, 0.1) is 5.82 Å². The van der Waals surface area contributed by atoms with E-state index >= 15 is 0 Å². The number of carboxylic acids is 1. The summed E-state index contributed by atoms with van der Waals surface area (Å²) in [5, 5.41) is 8.95. The largest absolute Gasteiger partial charge is 0.478 e. The summed E-state index contributed by atoms with van der Waals surface area (Å²) in [5.41, 5.74) is 0.104. The topological polar surface area (TPSA) is 49.8 Å². The first-order valence-electron chi connectivity index (χ1n) is 6.98. The van der Waals surface area contributed by atoms with E-state index in [1.807, 2.05) is 0 Å². The molecule has 1 heterocycles. The summed E-state index contributed by atoms with van der Waals surface area (Å²) in [6.45, 7) is 6.71. The van der Waals surface area contributed by atoms with Gasteiger partial charge in [0.05, 0.1) is 18.3 Å². The normalized spacial score (nSPS) is 19.9. The fraction of sp³-hybridized carbons (Fsp3) is 0.533. The van der Waals surface area contributed by atoms with Crippen molar-refractivity contribution in [2.24, 2.45) is 0 Å². The molecule has 0 amide bonds. The predicted octanol–water partition coefficient (Wildman–Crippen LogP) is 2.73. The molecule has 21 heavy (non-hydrogen) atoms. The lowest BCUT2D eigenvalue weighted by molar-refractivity contribution is -0.0265. The maximum Gasteiger partial charge on any atom is 0.335 e. The van der Waals surface area contributed by atoms with Gasteiger partial charge in [0.1, 0.15) is 5.82 Å². The van der Waals surface area contributed by atoms with E-state index in [9.17, 15) is 9.18 Å². The third-order valence-corrected chi connectivity index (χ3v) is 4.67. The van der Waals surface area contributed by atoms with Crippen molar-refractivity contribution < 1.29 is 19.0 Å². The standard InChI is InChI=1S/C15H20FNO3S/c1-10(2)17-5-6-20-12(8-17)9-21-14-7-11(15(18)19)3-4-13(14)16/h3-4,7,10,12H,5-6,8-9H2,1-2H3,(H,18,19). The first-order valence-corrected chi connectivity index (χ1v) is 7.97. The minimum atomic E-state index is -1.04. The quantitative estimate of drug-likeness (QED) is 0.847. The highest BCUT2D eigenvalue weighted by Crippen LogP contribution is 2.25. The Balaban J connectivity index is 1.96.